The Morgan fingerprint density at radius 2 is 1.74 bits per heavy atom. The van der Waals surface area contributed by atoms with Crippen molar-refractivity contribution in [2.75, 3.05) is 0 Å². The largest absolute Gasteiger partial charge is 0.444 e. The molecule has 6 heteroatoms. The van der Waals surface area contributed by atoms with Crippen LogP contribution < -0.4 is 0 Å². The summed E-state index contributed by atoms with van der Waals surface area (Å²) in [6.07, 6.45) is 7.33. The van der Waals surface area contributed by atoms with Gasteiger partial charge in [0.1, 0.15) is 11.4 Å². The molecule has 2 aliphatic heterocycles. The topological polar surface area (TPSA) is 64.8 Å². The van der Waals surface area contributed by atoms with Gasteiger partial charge in [-0.3, -0.25) is 0 Å². The van der Waals surface area contributed by atoms with E-state index in [1.165, 1.54) is 24.0 Å². The number of aromatic nitrogens is 1. The van der Waals surface area contributed by atoms with E-state index < -0.39 is 5.60 Å². The number of hydrogen-bond donors (Lipinski definition) is 0. The Bertz CT molecular complexity index is 1020. The summed E-state index contributed by atoms with van der Waals surface area (Å²) in [5, 5.41) is 4.57. The lowest BCUT2D eigenvalue weighted by Gasteiger charge is -2.39. The lowest BCUT2D eigenvalue weighted by atomic mass is 9.99. The molecule has 0 N–H and O–H groups in total. The molecule has 0 radical (unpaired) electrons. The van der Waals surface area contributed by atoms with Crippen LogP contribution in [-0.4, -0.2) is 39.9 Å². The molecule has 4 aliphatic rings. The fraction of sp³-hybridized carbons (Fsp3) is 0.643. The molecule has 1 aromatic carbocycles. The third-order valence-corrected chi connectivity index (χ3v) is 7.92. The van der Waals surface area contributed by atoms with Crippen LogP contribution in [0, 0.1) is 0 Å². The minimum absolute atomic E-state index is 0.162. The Hall–Kier alpha value is -2.34. The Balaban J connectivity index is 1.12. The summed E-state index contributed by atoms with van der Waals surface area (Å²) >= 11 is 0. The van der Waals surface area contributed by atoms with E-state index in [-0.39, 0.29) is 24.3 Å². The average molecular weight is 465 g/mol. The first-order chi connectivity index (χ1) is 16.4. The number of piperidine rings is 1. The smallest absolute Gasteiger partial charge is 0.410 e. The number of benzene rings is 1. The summed E-state index contributed by atoms with van der Waals surface area (Å²) in [6.45, 7) is 6.36. The van der Waals surface area contributed by atoms with Crippen LogP contribution in [0.3, 0.4) is 0 Å². The third kappa shape index (κ3) is 4.37. The van der Waals surface area contributed by atoms with Crippen molar-refractivity contribution in [2.45, 2.75) is 114 Å². The van der Waals surface area contributed by atoms with Gasteiger partial charge >= 0.3 is 6.09 Å². The maximum Gasteiger partial charge on any atom is 0.410 e. The Morgan fingerprint density at radius 3 is 2.38 bits per heavy atom. The zero-order valence-corrected chi connectivity index (χ0v) is 20.5. The summed E-state index contributed by atoms with van der Waals surface area (Å²) in [6, 6.07) is 11.2. The normalized spacial score (nSPS) is 30.4. The van der Waals surface area contributed by atoms with E-state index in [4.69, 9.17) is 14.0 Å². The number of carbonyl (C=O) groups excluding carboxylic acids is 1. The molecule has 6 nitrogen and oxygen atoms in total. The predicted octanol–water partition coefficient (Wildman–Crippen LogP) is 6.27. The van der Waals surface area contributed by atoms with Crippen LogP contribution >= 0.6 is 0 Å². The number of fused-ring (bicyclic) bond motifs is 2. The van der Waals surface area contributed by atoms with E-state index in [1.807, 2.05) is 25.7 Å². The fourth-order valence-corrected chi connectivity index (χ4v) is 6.08. The summed E-state index contributed by atoms with van der Waals surface area (Å²) < 4.78 is 18.1. The molecule has 2 saturated heterocycles. The van der Waals surface area contributed by atoms with E-state index in [0.29, 0.717) is 24.4 Å². The van der Waals surface area contributed by atoms with E-state index in [9.17, 15) is 4.79 Å². The molecule has 5 atom stereocenters. The quantitative estimate of drug-likeness (QED) is 0.504. The van der Waals surface area contributed by atoms with Crippen LogP contribution in [0.25, 0.3) is 0 Å². The Labute approximate surface area is 202 Å². The molecular formula is C28H36N2O4. The van der Waals surface area contributed by atoms with Gasteiger partial charge in [-0.15, -0.1) is 0 Å². The summed E-state index contributed by atoms with van der Waals surface area (Å²) in [5.74, 6) is 2.54. The van der Waals surface area contributed by atoms with Gasteiger partial charge in [0, 0.05) is 29.5 Å². The van der Waals surface area contributed by atoms with Crippen molar-refractivity contribution in [3.05, 3.63) is 52.9 Å². The van der Waals surface area contributed by atoms with Crippen LogP contribution in [0.4, 0.5) is 4.79 Å². The second-order valence-electron chi connectivity index (χ2n) is 11.7. The van der Waals surface area contributed by atoms with Crippen molar-refractivity contribution in [3.8, 4) is 0 Å². The first kappa shape index (κ1) is 22.1. The molecule has 3 unspecified atom stereocenters. The zero-order chi connectivity index (χ0) is 23.4. The highest BCUT2D eigenvalue weighted by Crippen LogP contribution is 2.56. The molecule has 0 spiro atoms. The maximum absolute atomic E-state index is 12.8. The molecule has 2 bridgehead atoms. The standard InChI is InChI=1S/C28H36N2O4/c1-28(2,3)33-27(31)30-19-11-12-20(30)14-21(13-19)32-16-24-25(29-34-26(24)18-9-10-18)23-15-22(23)17-7-5-4-6-8-17/h4-8,18-23H,9-16H2,1-3H3/t19-,20?,21-,22?,23?/m0/s1. The van der Waals surface area contributed by atoms with Gasteiger partial charge in [-0.1, -0.05) is 35.5 Å². The monoisotopic (exact) mass is 464 g/mol. The third-order valence-electron chi connectivity index (χ3n) is 7.92. The molecule has 2 aromatic rings. The van der Waals surface area contributed by atoms with Crippen molar-refractivity contribution in [3.63, 3.8) is 0 Å². The van der Waals surface area contributed by atoms with Gasteiger partial charge in [-0.05, 0) is 77.2 Å². The van der Waals surface area contributed by atoms with Crippen molar-refractivity contribution in [1.82, 2.24) is 10.1 Å². The molecular weight excluding hydrogens is 428 g/mol. The van der Waals surface area contributed by atoms with Crippen LogP contribution in [0.15, 0.2) is 34.9 Å². The van der Waals surface area contributed by atoms with Crippen molar-refractivity contribution >= 4 is 6.09 Å². The number of carbonyl (C=O) groups is 1. The Morgan fingerprint density at radius 1 is 1.03 bits per heavy atom. The second kappa shape index (κ2) is 8.40. The number of amides is 1. The number of rotatable bonds is 6. The van der Waals surface area contributed by atoms with E-state index >= 15 is 0 Å². The molecule has 182 valence electrons. The molecule has 2 aliphatic carbocycles. The zero-order valence-electron chi connectivity index (χ0n) is 20.5. The first-order valence-corrected chi connectivity index (χ1v) is 13.0. The lowest BCUT2D eigenvalue weighted by molar-refractivity contribution is -0.0400. The van der Waals surface area contributed by atoms with Gasteiger partial charge in [0.2, 0.25) is 0 Å². The summed E-state index contributed by atoms with van der Waals surface area (Å²) in [4.78, 5) is 14.8. The predicted molar refractivity (Wildman–Crippen MR) is 128 cm³/mol. The second-order valence-corrected chi connectivity index (χ2v) is 11.7. The lowest BCUT2D eigenvalue weighted by Crippen LogP contribution is -2.50. The molecule has 1 amide bonds. The molecule has 4 fully saturated rings. The highest BCUT2D eigenvalue weighted by atomic mass is 16.6. The molecule has 3 heterocycles. The van der Waals surface area contributed by atoms with Crippen LogP contribution in [0.1, 0.15) is 106 Å². The van der Waals surface area contributed by atoms with Gasteiger partial charge in [-0.25, -0.2) is 4.79 Å². The number of hydrogen-bond acceptors (Lipinski definition) is 5. The summed E-state index contributed by atoms with van der Waals surface area (Å²) in [7, 11) is 0. The molecule has 1 aromatic heterocycles. The van der Waals surface area contributed by atoms with E-state index in [2.05, 4.69) is 35.5 Å². The SMILES string of the molecule is CC(C)(C)OC(=O)N1C2CC[C@H]1C[C@H](OCc1c(C3CC3c3ccccc3)noc1C1CC1)C2. The van der Waals surface area contributed by atoms with Crippen LogP contribution in [0.2, 0.25) is 0 Å². The van der Waals surface area contributed by atoms with Gasteiger partial charge in [-0.2, -0.15) is 0 Å². The first-order valence-electron chi connectivity index (χ1n) is 13.0. The highest BCUT2D eigenvalue weighted by molar-refractivity contribution is 5.69. The highest BCUT2D eigenvalue weighted by Gasteiger charge is 2.47. The van der Waals surface area contributed by atoms with Gasteiger partial charge in [0.15, 0.2) is 0 Å². The molecule has 2 saturated carbocycles. The van der Waals surface area contributed by atoms with Crippen molar-refractivity contribution in [1.29, 1.82) is 0 Å². The molecule has 6 rings (SSSR count). The van der Waals surface area contributed by atoms with Crippen LogP contribution in [0.5, 0.6) is 0 Å². The Kier molecular flexibility index (Phi) is 5.47. The van der Waals surface area contributed by atoms with Gasteiger partial charge in [0.25, 0.3) is 0 Å². The number of ether oxygens (including phenoxy) is 2. The van der Waals surface area contributed by atoms with Crippen molar-refractivity contribution < 1.29 is 18.8 Å². The number of nitrogens with zero attached hydrogens (tertiary/aromatic N) is 2. The van der Waals surface area contributed by atoms with Gasteiger partial charge < -0.3 is 18.9 Å². The van der Waals surface area contributed by atoms with Crippen molar-refractivity contribution in [2.24, 2.45) is 0 Å². The average Bonchev–Trinajstić information content (AvgIpc) is 3.72. The van der Waals surface area contributed by atoms with Crippen LogP contribution in [-0.2, 0) is 16.1 Å². The van der Waals surface area contributed by atoms with Gasteiger partial charge in [0.05, 0.1) is 18.4 Å². The fourth-order valence-electron chi connectivity index (χ4n) is 6.08. The summed E-state index contributed by atoms with van der Waals surface area (Å²) in [5.41, 5.74) is 3.24. The minimum Gasteiger partial charge on any atom is -0.444 e. The maximum atomic E-state index is 12.8. The molecule has 34 heavy (non-hydrogen) atoms. The minimum atomic E-state index is -0.464. The van der Waals surface area contributed by atoms with E-state index in [1.54, 1.807) is 0 Å². The van der Waals surface area contributed by atoms with E-state index in [0.717, 1.165) is 43.6 Å².